The van der Waals surface area contributed by atoms with Gasteiger partial charge in [0.25, 0.3) is 5.91 Å². The number of nitrogens with one attached hydrogen (secondary N) is 1. The summed E-state index contributed by atoms with van der Waals surface area (Å²) in [4.78, 5) is 19.7. The van der Waals surface area contributed by atoms with Crippen molar-refractivity contribution < 1.29 is 9.21 Å². The summed E-state index contributed by atoms with van der Waals surface area (Å²) < 4.78 is 5.86. The summed E-state index contributed by atoms with van der Waals surface area (Å²) in [7, 11) is 0. The largest absolute Gasteiger partial charge is 0.416 e. The van der Waals surface area contributed by atoms with Crippen LogP contribution in [0, 0.1) is 6.92 Å². The molecule has 0 radical (unpaired) electrons. The molecule has 1 fully saturated rings. The van der Waals surface area contributed by atoms with Crippen LogP contribution in [-0.2, 0) is 6.54 Å². The molecule has 2 aromatic carbocycles. The van der Waals surface area contributed by atoms with Gasteiger partial charge in [-0.2, -0.15) is 0 Å². The number of carbonyl (C=O) groups excluding carboxylic acids is 1. The smallest absolute Gasteiger partial charge is 0.257 e. The van der Waals surface area contributed by atoms with Gasteiger partial charge in [0, 0.05) is 28.6 Å². The van der Waals surface area contributed by atoms with Crippen LogP contribution in [0.2, 0.25) is 0 Å². The summed E-state index contributed by atoms with van der Waals surface area (Å²) in [5.41, 5.74) is 4.30. The average molecular weight is 460 g/mol. The monoisotopic (exact) mass is 459 g/mol. The minimum absolute atomic E-state index is 0.188. The number of likely N-dealkylation sites (tertiary alicyclic amines) is 1. The van der Waals surface area contributed by atoms with Gasteiger partial charge < -0.3 is 4.42 Å². The summed E-state index contributed by atoms with van der Waals surface area (Å²) in [5, 5.41) is 13.9. The Morgan fingerprint density at radius 3 is 2.58 bits per heavy atom. The van der Waals surface area contributed by atoms with Gasteiger partial charge in [0.15, 0.2) is 5.13 Å². The van der Waals surface area contributed by atoms with Crippen molar-refractivity contribution in [2.24, 2.45) is 0 Å². The maximum atomic E-state index is 12.7. The molecule has 8 heteroatoms. The maximum Gasteiger partial charge on any atom is 0.257 e. The van der Waals surface area contributed by atoms with Crippen molar-refractivity contribution in [1.82, 2.24) is 20.1 Å². The zero-order valence-electron chi connectivity index (χ0n) is 18.5. The van der Waals surface area contributed by atoms with E-state index >= 15 is 0 Å². The fourth-order valence-corrected chi connectivity index (χ4v) is 4.68. The first-order valence-electron chi connectivity index (χ1n) is 11.1. The third kappa shape index (κ3) is 5.02. The molecule has 0 spiro atoms. The van der Waals surface area contributed by atoms with Crippen LogP contribution in [0.4, 0.5) is 5.13 Å². The van der Waals surface area contributed by atoms with Crippen molar-refractivity contribution in [2.75, 3.05) is 18.4 Å². The zero-order valence-corrected chi connectivity index (χ0v) is 19.3. The number of aromatic nitrogens is 3. The summed E-state index contributed by atoms with van der Waals surface area (Å²) in [6.45, 7) is 5.09. The van der Waals surface area contributed by atoms with E-state index in [1.165, 1.54) is 30.6 Å². The Kier molecular flexibility index (Phi) is 6.28. The predicted octanol–water partition coefficient (Wildman–Crippen LogP) is 5.41. The van der Waals surface area contributed by atoms with Crippen LogP contribution in [-0.4, -0.2) is 39.1 Å². The third-order valence-corrected chi connectivity index (χ3v) is 6.61. The van der Waals surface area contributed by atoms with Gasteiger partial charge in [0.05, 0.1) is 5.69 Å². The first kappa shape index (κ1) is 21.5. The summed E-state index contributed by atoms with van der Waals surface area (Å²) in [6.07, 6.45) is 3.81. The van der Waals surface area contributed by atoms with Crippen molar-refractivity contribution in [1.29, 1.82) is 0 Å². The van der Waals surface area contributed by atoms with E-state index < -0.39 is 0 Å². The quantitative estimate of drug-likeness (QED) is 0.415. The van der Waals surface area contributed by atoms with Crippen LogP contribution in [0.15, 0.2) is 58.3 Å². The molecule has 1 saturated heterocycles. The predicted molar refractivity (Wildman–Crippen MR) is 129 cm³/mol. The summed E-state index contributed by atoms with van der Waals surface area (Å²) in [6, 6.07) is 15.0. The fourth-order valence-electron chi connectivity index (χ4n) is 3.98. The Hall–Kier alpha value is -3.36. The number of piperidine rings is 1. The number of carbonyl (C=O) groups is 1. The zero-order chi connectivity index (χ0) is 22.6. The molecular weight excluding hydrogens is 434 g/mol. The fraction of sp³-hybridized carbons (Fsp3) is 0.280. The summed E-state index contributed by atoms with van der Waals surface area (Å²) in [5.74, 6) is 0.711. The standard InChI is InChI=1S/C25H25N5O2S/c1-17-7-3-4-8-21(17)24-29-28-23(32-24)19-11-9-18(10-12-19)22(31)27-25-26-20(16-33-25)15-30-13-5-2-6-14-30/h3-4,7-12,16H,2,5-6,13-15H2,1H3,(H,26,27,31). The first-order valence-corrected chi connectivity index (χ1v) is 12.0. The Bertz CT molecular complexity index is 1240. The van der Waals surface area contributed by atoms with E-state index in [-0.39, 0.29) is 5.91 Å². The Labute approximate surface area is 196 Å². The molecule has 33 heavy (non-hydrogen) atoms. The van der Waals surface area contributed by atoms with Crippen LogP contribution < -0.4 is 5.32 Å². The maximum absolute atomic E-state index is 12.7. The summed E-state index contributed by atoms with van der Waals surface area (Å²) >= 11 is 1.46. The van der Waals surface area contributed by atoms with E-state index in [2.05, 4.69) is 25.4 Å². The molecular formula is C25H25N5O2S. The highest BCUT2D eigenvalue weighted by Gasteiger charge is 2.15. The second-order valence-corrected chi connectivity index (χ2v) is 9.10. The number of nitrogens with zero attached hydrogens (tertiary/aromatic N) is 4. The van der Waals surface area contributed by atoms with E-state index in [0.29, 0.717) is 22.5 Å². The van der Waals surface area contributed by atoms with Gasteiger partial charge in [-0.25, -0.2) is 4.98 Å². The van der Waals surface area contributed by atoms with Crippen LogP contribution in [0.5, 0.6) is 0 Å². The molecule has 4 aromatic rings. The lowest BCUT2D eigenvalue weighted by Crippen LogP contribution is -2.29. The number of aryl methyl sites for hydroxylation is 1. The molecule has 1 aliphatic heterocycles. The van der Waals surface area contributed by atoms with Crippen molar-refractivity contribution in [3.8, 4) is 22.9 Å². The molecule has 0 saturated carbocycles. The van der Waals surface area contributed by atoms with Gasteiger partial charge in [-0.1, -0.05) is 24.6 Å². The number of thiazole rings is 1. The Balaban J connectivity index is 1.23. The van der Waals surface area contributed by atoms with Crippen molar-refractivity contribution in [2.45, 2.75) is 32.7 Å². The number of hydrogen-bond donors (Lipinski definition) is 1. The number of benzene rings is 2. The number of amides is 1. The van der Waals surface area contributed by atoms with E-state index in [0.717, 1.165) is 42.0 Å². The molecule has 1 amide bonds. The lowest BCUT2D eigenvalue weighted by molar-refractivity contribution is 0.102. The minimum atomic E-state index is -0.188. The molecule has 0 unspecified atom stereocenters. The lowest BCUT2D eigenvalue weighted by Gasteiger charge is -2.25. The third-order valence-electron chi connectivity index (χ3n) is 5.80. The van der Waals surface area contributed by atoms with E-state index in [1.807, 2.05) is 48.7 Å². The molecule has 5 rings (SSSR count). The molecule has 0 bridgehead atoms. The molecule has 1 N–H and O–H groups in total. The normalized spacial score (nSPS) is 14.3. The molecule has 3 heterocycles. The van der Waals surface area contributed by atoms with E-state index in [9.17, 15) is 4.79 Å². The second kappa shape index (κ2) is 9.64. The van der Waals surface area contributed by atoms with Crippen LogP contribution in [0.25, 0.3) is 22.9 Å². The second-order valence-electron chi connectivity index (χ2n) is 8.24. The Morgan fingerprint density at radius 2 is 1.79 bits per heavy atom. The molecule has 1 aliphatic rings. The highest BCUT2D eigenvalue weighted by Crippen LogP contribution is 2.26. The molecule has 2 aromatic heterocycles. The van der Waals surface area contributed by atoms with Crippen LogP contribution in [0.3, 0.4) is 0 Å². The molecule has 0 atom stereocenters. The molecule has 7 nitrogen and oxygen atoms in total. The highest BCUT2D eigenvalue weighted by atomic mass is 32.1. The first-order chi connectivity index (χ1) is 16.2. The van der Waals surface area contributed by atoms with Crippen LogP contribution >= 0.6 is 11.3 Å². The van der Waals surface area contributed by atoms with Crippen molar-refractivity contribution in [3.63, 3.8) is 0 Å². The van der Waals surface area contributed by atoms with Gasteiger partial charge in [0.1, 0.15) is 0 Å². The van der Waals surface area contributed by atoms with Crippen molar-refractivity contribution in [3.05, 3.63) is 70.7 Å². The van der Waals surface area contributed by atoms with E-state index in [4.69, 9.17) is 4.42 Å². The average Bonchev–Trinajstić information content (AvgIpc) is 3.50. The van der Waals surface area contributed by atoms with Gasteiger partial charge in [-0.15, -0.1) is 21.5 Å². The van der Waals surface area contributed by atoms with Gasteiger partial charge >= 0.3 is 0 Å². The number of hydrogen-bond acceptors (Lipinski definition) is 7. The van der Waals surface area contributed by atoms with Crippen LogP contribution in [0.1, 0.15) is 40.9 Å². The van der Waals surface area contributed by atoms with E-state index in [1.54, 1.807) is 12.1 Å². The SMILES string of the molecule is Cc1ccccc1-c1nnc(-c2ccc(C(=O)Nc3nc(CN4CCCCC4)cs3)cc2)o1. The minimum Gasteiger partial charge on any atom is -0.416 e. The number of anilines is 1. The van der Waals surface area contributed by atoms with Crippen molar-refractivity contribution >= 4 is 22.4 Å². The number of rotatable bonds is 6. The van der Waals surface area contributed by atoms with Gasteiger partial charge in [0.2, 0.25) is 11.8 Å². The Morgan fingerprint density at radius 1 is 1.03 bits per heavy atom. The molecule has 0 aliphatic carbocycles. The lowest BCUT2D eigenvalue weighted by atomic mass is 10.1. The molecule has 168 valence electrons. The highest BCUT2D eigenvalue weighted by molar-refractivity contribution is 7.14. The van der Waals surface area contributed by atoms with Gasteiger partial charge in [-0.05, 0) is 68.8 Å². The topological polar surface area (TPSA) is 84.2 Å². The van der Waals surface area contributed by atoms with Gasteiger partial charge in [-0.3, -0.25) is 15.0 Å².